The number of ether oxygens (including phenoxy) is 2. The summed E-state index contributed by atoms with van der Waals surface area (Å²) in [6.45, 7) is 2.70. The van der Waals surface area contributed by atoms with Crippen molar-refractivity contribution in [3.05, 3.63) is 29.8 Å². The number of hydrogen-bond donors (Lipinski definition) is 1. The summed E-state index contributed by atoms with van der Waals surface area (Å²) in [5.41, 5.74) is 0.437. The maximum atomic E-state index is 12.1. The van der Waals surface area contributed by atoms with Gasteiger partial charge in [0.05, 0.1) is 6.61 Å². The number of carbonyl (C=O) groups is 2. The Morgan fingerprint density at radius 1 is 1.20 bits per heavy atom. The highest BCUT2D eigenvalue weighted by molar-refractivity contribution is 5.95. The van der Waals surface area contributed by atoms with Gasteiger partial charge in [0.25, 0.3) is 5.91 Å². The molecule has 1 N–H and O–H groups in total. The Hall–Kier alpha value is -2.08. The van der Waals surface area contributed by atoms with E-state index in [0.717, 1.165) is 0 Å². The van der Waals surface area contributed by atoms with Crippen molar-refractivity contribution in [1.29, 1.82) is 0 Å². The largest absolute Gasteiger partial charge is 0.491 e. The Labute approximate surface area is 117 Å². The van der Waals surface area contributed by atoms with Gasteiger partial charge in [0.15, 0.2) is 0 Å². The van der Waals surface area contributed by atoms with E-state index in [4.69, 9.17) is 14.6 Å². The molecule has 110 valence electrons. The highest BCUT2D eigenvalue weighted by Gasteiger charge is 2.16. The second kappa shape index (κ2) is 8.16. The number of benzene rings is 1. The zero-order valence-electron chi connectivity index (χ0n) is 11.7. The lowest BCUT2D eigenvalue weighted by atomic mass is 10.2. The predicted octanol–water partition coefficient (Wildman–Crippen LogP) is 1.26. The van der Waals surface area contributed by atoms with Gasteiger partial charge in [-0.1, -0.05) is 0 Å². The summed E-state index contributed by atoms with van der Waals surface area (Å²) in [6, 6.07) is 6.60. The fourth-order valence-electron chi connectivity index (χ4n) is 1.61. The number of carboxylic acids is 1. The number of likely N-dealkylation sites (N-methyl/N-ethyl adjacent to an activating group) is 1. The van der Waals surface area contributed by atoms with Crippen molar-refractivity contribution >= 4 is 11.9 Å². The van der Waals surface area contributed by atoms with Crippen molar-refractivity contribution in [3.63, 3.8) is 0 Å². The third-order valence-corrected chi connectivity index (χ3v) is 2.65. The molecule has 0 aliphatic heterocycles. The lowest BCUT2D eigenvalue weighted by Crippen LogP contribution is -2.35. The Morgan fingerprint density at radius 2 is 1.85 bits per heavy atom. The first-order valence-electron chi connectivity index (χ1n) is 6.31. The van der Waals surface area contributed by atoms with Crippen molar-refractivity contribution in [2.45, 2.75) is 6.92 Å². The zero-order chi connectivity index (χ0) is 15.0. The molecule has 0 fully saturated rings. The molecular formula is C14H19NO5. The molecule has 1 rings (SSSR count). The minimum Gasteiger partial charge on any atom is -0.491 e. The number of rotatable bonds is 8. The summed E-state index contributed by atoms with van der Waals surface area (Å²) < 4.78 is 10.3. The molecule has 6 nitrogen and oxygen atoms in total. The summed E-state index contributed by atoms with van der Waals surface area (Å²) in [4.78, 5) is 24.0. The quantitative estimate of drug-likeness (QED) is 0.726. The van der Waals surface area contributed by atoms with Gasteiger partial charge in [-0.3, -0.25) is 9.59 Å². The van der Waals surface area contributed by atoms with Crippen LogP contribution in [0.4, 0.5) is 0 Å². The molecule has 0 aromatic heterocycles. The lowest BCUT2D eigenvalue weighted by Gasteiger charge is -2.18. The van der Waals surface area contributed by atoms with Crippen molar-refractivity contribution < 1.29 is 24.2 Å². The van der Waals surface area contributed by atoms with Crippen LogP contribution in [0.1, 0.15) is 17.3 Å². The van der Waals surface area contributed by atoms with Crippen molar-refractivity contribution in [2.75, 3.05) is 33.4 Å². The maximum absolute atomic E-state index is 12.1. The second-order valence-corrected chi connectivity index (χ2v) is 4.08. The zero-order valence-corrected chi connectivity index (χ0v) is 11.7. The first-order valence-corrected chi connectivity index (χ1v) is 6.31. The molecule has 0 aliphatic carbocycles. The number of carbonyl (C=O) groups excluding carboxylic acids is 1. The monoisotopic (exact) mass is 281 g/mol. The van der Waals surface area contributed by atoms with Crippen LogP contribution in [-0.4, -0.2) is 55.3 Å². The van der Waals surface area contributed by atoms with E-state index < -0.39 is 5.97 Å². The third-order valence-electron chi connectivity index (χ3n) is 2.65. The van der Waals surface area contributed by atoms with E-state index in [1.807, 2.05) is 0 Å². The lowest BCUT2D eigenvalue weighted by molar-refractivity contribution is -0.137. The van der Waals surface area contributed by atoms with E-state index in [2.05, 4.69) is 0 Å². The molecule has 0 radical (unpaired) electrons. The summed E-state index contributed by atoms with van der Waals surface area (Å²) in [6.07, 6.45) is 0. The second-order valence-electron chi connectivity index (χ2n) is 4.08. The van der Waals surface area contributed by atoms with Gasteiger partial charge >= 0.3 is 5.97 Å². The Morgan fingerprint density at radius 3 is 2.35 bits per heavy atom. The van der Waals surface area contributed by atoms with Crippen LogP contribution in [0.25, 0.3) is 0 Å². The first-order chi connectivity index (χ1) is 9.58. The third kappa shape index (κ3) is 4.89. The van der Waals surface area contributed by atoms with Crippen LogP contribution in [0.2, 0.25) is 0 Å². The number of carboxylic acid groups (broad SMARTS) is 1. The fourth-order valence-corrected chi connectivity index (χ4v) is 1.61. The molecule has 0 heterocycles. The highest BCUT2D eigenvalue weighted by Crippen LogP contribution is 2.13. The Balaban J connectivity index is 2.66. The first kappa shape index (κ1) is 16.0. The van der Waals surface area contributed by atoms with E-state index in [-0.39, 0.29) is 12.5 Å². The number of amides is 1. The molecule has 0 unspecified atom stereocenters. The van der Waals surface area contributed by atoms with Crippen LogP contribution in [0, 0.1) is 0 Å². The Bertz CT molecular complexity index is 443. The number of nitrogens with zero attached hydrogens (tertiary/aromatic N) is 1. The van der Waals surface area contributed by atoms with Crippen molar-refractivity contribution in [1.82, 2.24) is 4.90 Å². The van der Waals surface area contributed by atoms with Crippen LogP contribution in [0.3, 0.4) is 0 Å². The van der Waals surface area contributed by atoms with Gasteiger partial charge in [-0.15, -0.1) is 0 Å². The minimum atomic E-state index is -1.03. The Kier molecular flexibility index (Phi) is 6.52. The van der Waals surface area contributed by atoms with Crippen LogP contribution >= 0.6 is 0 Å². The van der Waals surface area contributed by atoms with Crippen LogP contribution in [0.5, 0.6) is 5.75 Å². The molecule has 0 spiro atoms. The molecule has 0 saturated heterocycles. The average Bonchev–Trinajstić information content (AvgIpc) is 2.45. The summed E-state index contributed by atoms with van der Waals surface area (Å²) >= 11 is 0. The molecule has 1 amide bonds. The van der Waals surface area contributed by atoms with E-state index in [1.165, 1.54) is 4.90 Å². The van der Waals surface area contributed by atoms with Crippen LogP contribution < -0.4 is 4.74 Å². The fraction of sp³-hybridized carbons (Fsp3) is 0.429. The standard InChI is InChI=1S/C14H19NO5/c1-3-15(10-13(16)17)14(18)11-4-6-12(7-5-11)20-9-8-19-2/h4-7H,3,8-10H2,1-2H3,(H,16,17). The summed E-state index contributed by atoms with van der Waals surface area (Å²) in [5.74, 6) is -0.696. The summed E-state index contributed by atoms with van der Waals surface area (Å²) in [5, 5.41) is 8.75. The van der Waals surface area contributed by atoms with Gasteiger partial charge in [-0.2, -0.15) is 0 Å². The number of hydrogen-bond acceptors (Lipinski definition) is 4. The molecule has 0 bridgehead atoms. The van der Waals surface area contributed by atoms with Crippen LogP contribution in [0.15, 0.2) is 24.3 Å². The van der Waals surface area contributed by atoms with Gasteiger partial charge in [-0.05, 0) is 31.2 Å². The van der Waals surface area contributed by atoms with E-state index in [1.54, 1.807) is 38.3 Å². The minimum absolute atomic E-state index is 0.304. The van der Waals surface area contributed by atoms with Crippen molar-refractivity contribution in [3.8, 4) is 5.75 Å². The summed E-state index contributed by atoms with van der Waals surface area (Å²) in [7, 11) is 1.59. The van der Waals surface area contributed by atoms with Crippen LogP contribution in [-0.2, 0) is 9.53 Å². The SMILES string of the molecule is CCN(CC(=O)O)C(=O)c1ccc(OCCOC)cc1. The molecule has 20 heavy (non-hydrogen) atoms. The molecule has 0 atom stereocenters. The molecule has 0 saturated carbocycles. The number of methoxy groups -OCH3 is 1. The van der Waals surface area contributed by atoms with Gasteiger partial charge in [0.2, 0.25) is 0 Å². The predicted molar refractivity (Wildman–Crippen MR) is 73.0 cm³/mol. The highest BCUT2D eigenvalue weighted by atomic mass is 16.5. The maximum Gasteiger partial charge on any atom is 0.323 e. The van der Waals surface area contributed by atoms with Crippen molar-refractivity contribution in [2.24, 2.45) is 0 Å². The number of aliphatic carboxylic acids is 1. The van der Waals surface area contributed by atoms with E-state index >= 15 is 0 Å². The van der Waals surface area contributed by atoms with E-state index in [9.17, 15) is 9.59 Å². The smallest absolute Gasteiger partial charge is 0.323 e. The topological polar surface area (TPSA) is 76.1 Å². The molecular weight excluding hydrogens is 262 g/mol. The molecule has 1 aromatic rings. The average molecular weight is 281 g/mol. The van der Waals surface area contributed by atoms with Gasteiger partial charge < -0.3 is 19.5 Å². The molecule has 1 aromatic carbocycles. The van der Waals surface area contributed by atoms with Gasteiger partial charge in [0.1, 0.15) is 18.9 Å². The normalized spacial score (nSPS) is 10.1. The molecule has 0 aliphatic rings. The van der Waals surface area contributed by atoms with E-state index in [0.29, 0.717) is 31.1 Å². The molecule has 6 heteroatoms. The van der Waals surface area contributed by atoms with Gasteiger partial charge in [-0.25, -0.2) is 0 Å². The van der Waals surface area contributed by atoms with Gasteiger partial charge in [0, 0.05) is 19.2 Å².